The van der Waals surface area contributed by atoms with Gasteiger partial charge in [-0.25, -0.2) is 0 Å². The first kappa shape index (κ1) is 16.3. The van der Waals surface area contributed by atoms with E-state index in [1.165, 1.54) is 38.5 Å². The number of nitrogens with zero attached hydrogens (tertiary/aromatic N) is 2. The molecule has 1 N–H and O–H groups in total. The third-order valence-electron chi connectivity index (χ3n) is 5.83. The maximum absolute atomic E-state index is 12.7. The molecule has 0 radical (unpaired) electrons. The smallest absolute Gasteiger partial charge is 0.236 e. The lowest BCUT2D eigenvalue weighted by Crippen LogP contribution is -2.50. The van der Waals surface area contributed by atoms with Crippen molar-refractivity contribution in [3.05, 3.63) is 0 Å². The van der Waals surface area contributed by atoms with Crippen LogP contribution in [-0.2, 0) is 4.79 Å². The van der Waals surface area contributed by atoms with Gasteiger partial charge in [0.15, 0.2) is 0 Å². The number of likely N-dealkylation sites (tertiary alicyclic amines) is 2. The largest absolute Gasteiger partial charge is 0.396 e. The topological polar surface area (TPSA) is 43.8 Å². The predicted molar refractivity (Wildman–Crippen MR) is 87.6 cm³/mol. The van der Waals surface area contributed by atoms with E-state index < -0.39 is 0 Å². The average Bonchev–Trinajstić information content (AvgIpc) is 3.35. The summed E-state index contributed by atoms with van der Waals surface area (Å²) in [5.41, 5.74) is -0.00609. The summed E-state index contributed by atoms with van der Waals surface area (Å²) >= 11 is 0. The monoisotopic (exact) mass is 308 g/mol. The Morgan fingerprint density at radius 3 is 2.41 bits per heavy atom. The summed E-state index contributed by atoms with van der Waals surface area (Å²) in [6.07, 6.45) is 11.0. The van der Waals surface area contributed by atoms with Crippen molar-refractivity contribution in [1.82, 2.24) is 9.80 Å². The van der Waals surface area contributed by atoms with Crippen LogP contribution in [-0.4, -0.2) is 60.1 Å². The molecular formula is C18H32N2O2. The maximum Gasteiger partial charge on any atom is 0.236 e. The van der Waals surface area contributed by atoms with Crippen LogP contribution in [0.5, 0.6) is 0 Å². The van der Waals surface area contributed by atoms with Crippen molar-refractivity contribution in [3.8, 4) is 0 Å². The van der Waals surface area contributed by atoms with Crippen LogP contribution >= 0.6 is 0 Å². The molecule has 2 aliphatic heterocycles. The van der Waals surface area contributed by atoms with Crippen LogP contribution in [0.25, 0.3) is 0 Å². The van der Waals surface area contributed by atoms with Crippen molar-refractivity contribution >= 4 is 5.91 Å². The van der Waals surface area contributed by atoms with E-state index in [9.17, 15) is 9.90 Å². The molecule has 22 heavy (non-hydrogen) atoms. The van der Waals surface area contributed by atoms with E-state index in [-0.39, 0.29) is 17.9 Å². The predicted octanol–water partition coefficient (Wildman–Crippen LogP) is 2.26. The fraction of sp³-hybridized carbons (Fsp3) is 0.944. The summed E-state index contributed by atoms with van der Waals surface area (Å²) in [4.78, 5) is 17.1. The number of hydrogen-bond donors (Lipinski definition) is 1. The number of aliphatic hydroxyl groups excluding tert-OH is 1. The zero-order chi connectivity index (χ0) is 15.4. The van der Waals surface area contributed by atoms with Crippen molar-refractivity contribution in [2.75, 3.05) is 39.3 Å². The van der Waals surface area contributed by atoms with Gasteiger partial charge in [-0.15, -0.1) is 0 Å². The third kappa shape index (κ3) is 4.23. The van der Waals surface area contributed by atoms with E-state index in [1.54, 1.807) is 0 Å². The molecule has 0 aromatic rings. The first-order chi connectivity index (χ1) is 10.7. The lowest BCUT2D eigenvalue weighted by Gasteiger charge is -2.42. The molecular weight excluding hydrogens is 276 g/mol. The molecule has 2 saturated heterocycles. The number of rotatable bonds is 5. The van der Waals surface area contributed by atoms with E-state index in [1.807, 2.05) is 4.90 Å². The summed E-state index contributed by atoms with van der Waals surface area (Å²) in [6.45, 7) is 4.66. The number of aliphatic hydroxyl groups is 1. The van der Waals surface area contributed by atoms with Gasteiger partial charge in [-0.2, -0.15) is 0 Å². The van der Waals surface area contributed by atoms with Crippen LogP contribution in [0.4, 0.5) is 0 Å². The van der Waals surface area contributed by atoms with Crippen LogP contribution in [0.2, 0.25) is 0 Å². The van der Waals surface area contributed by atoms with Gasteiger partial charge in [0, 0.05) is 18.5 Å². The third-order valence-corrected chi connectivity index (χ3v) is 5.83. The van der Waals surface area contributed by atoms with Crippen LogP contribution in [0, 0.1) is 11.3 Å². The standard InChI is InChI=1S/C18H32N2O2/c21-15-18(12-16-6-7-16)8-5-11-20(14-18)17(22)13-19-9-3-1-2-4-10-19/h16,21H,1-15H2/t18-/m0/s1. The molecule has 1 atom stereocenters. The lowest BCUT2D eigenvalue weighted by atomic mass is 9.76. The first-order valence-electron chi connectivity index (χ1n) is 9.32. The van der Waals surface area contributed by atoms with Crippen LogP contribution < -0.4 is 0 Å². The van der Waals surface area contributed by atoms with Crippen LogP contribution in [0.1, 0.15) is 57.8 Å². The summed E-state index contributed by atoms with van der Waals surface area (Å²) < 4.78 is 0. The number of piperidine rings is 1. The Kier molecular flexibility index (Phi) is 5.40. The Morgan fingerprint density at radius 1 is 1.05 bits per heavy atom. The van der Waals surface area contributed by atoms with Crippen molar-refractivity contribution < 1.29 is 9.90 Å². The Balaban J connectivity index is 1.54. The van der Waals surface area contributed by atoms with Crippen molar-refractivity contribution in [1.29, 1.82) is 0 Å². The molecule has 0 bridgehead atoms. The lowest BCUT2D eigenvalue weighted by molar-refractivity contribution is -0.137. The second-order valence-electron chi connectivity index (χ2n) is 7.91. The fourth-order valence-electron chi connectivity index (χ4n) is 4.30. The number of amides is 1. The number of carbonyl (C=O) groups excluding carboxylic acids is 1. The van der Waals surface area contributed by atoms with Crippen LogP contribution in [0.15, 0.2) is 0 Å². The summed E-state index contributed by atoms with van der Waals surface area (Å²) in [6, 6.07) is 0. The van der Waals surface area contributed by atoms with Gasteiger partial charge in [-0.3, -0.25) is 9.69 Å². The van der Waals surface area contributed by atoms with E-state index in [2.05, 4.69) is 4.90 Å². The summed E-state index contributed by atoms with van der Waals surface area (Å²) in [5, 5.41) is 9.93. The molecule has 1 amide bonds. The van der Waals surface area contributed by atoms with Crippen molar-refractivity contribution in [3.63, 3.8) is 0 Å². The number of carbonyl (C=O) groups is 1. The Hall–Kier alpha value is -0.610. The zero-order valence-corrected chi connectivity index (χ0v) is 13.9. The molecule has 126 valence electrons. The highest BCUT2D eigenvalue weighted by Gasteiger charge is 2.41. The summed E-state index contributed by atoms with van der Waals surface area (Å²) in [5.74, 6) is 1.10. The van der Waals surface area contributed by atoms with E-state index in [0.29, 0.717) is 6.54 Å². The minimum Gasteiger partial charge on any atom is -0.396 e. The van der Waals surface area contributed by atoms with Gasteiger partial charge < -0.3 is 10.0 Å². The fourth-order valence-corrected chi connectivity index (χ4v) is 4.30. The zero-order valence-electron chi connectivity index (χ0n) is 13.9. The molecule has 0 unspecified atom stereocenters. The Bertz CT molecular complexity index is 375. The van der Waals surface area contributed by atoms with Crippen LogP contribution in [0.3, 0.4) is 0 Å². The van der Waals surface area contributed by atoms with Gasteiger partial charge in [0.25, 0.3) is 0 Å². The Labute approximate surface area is 134 Å². The first-order valence-corrected chi connectivity index (χ1v) is 9.32. The SMILES string of the molecule is O=C(CN1CCCCCC1)N1CCC[C@](CO)(CC2CC2)C1. The molecule has 0 aromatic carbocycles. The minimum atomic E-state index is -0.00609. The molecule has 2 heterocycles. The highest BCUT2D eigenvalue weighted by Crippen LogP contribution is 2.44. The van der Waals surface area contributed by atoms with Crippen molar-refractivity contribution in [2.24, 2.45) is 11.3 Å². The molecule has 1 saturated carbocycles. The molecule has 4 heteroatoms. The normalized spacial score (nSPS) is 31.0. The average molecular weight is 308 g/mol. The minimum absolute atomic E-state index is 0.00609. The van der Waals surface area contributed by atoms with Gasteiger partial charge in [-0.1, -0.05) is 25.7 Å². The van der Waals surface area contributed by atoms with Gasteiger partial charge in [-0.05, 0) is 51.1 Å². The van der Waals surface area contributed by atoms with E-state index in [4.69, 9.17) is 0 Å². The van der Waals surface area contributed by atoms with E-state index in [0.717, 1.165) is 51.4 Å². The van der Waals surface area contributed by atoms with Gasteiger partial charge >= 0.3 is 0 Å². The quantitative estimate of drug-likeness (QED) is 0.847. The highest BCUT2D eigenvalue weighted by atomic mass is 16.3. The molecule has 0 aromatic heterocycles. The molecule has 4 nitrogen and oxygen atoms in total. The summed E-state index contributed by atoms with van der Waals surface area (Å²) in [7, 11) is 0. The highest BCUT2D eigenvalue weighted by molar-refractivity contribution is 5.78. The second-order valence-corrected chi connectivity index (χ2v) is 7.91. The molecule has 3 rings (SSSR count). The maximum atomic E-state index is 12.7. The van der Waals surface area contributed by atoms with E-state index >= 15 is 0 Å². The van der Waals surface area contributed by atoms with Crippen molar-refractivity contribution in [2.45, 2.75) is 57.8 Å². The molecule has 0 spiro atoms. The number of hydrogen-bond acceptors (Lipinski definition) is 3. The van der Waals surface area contributed by atoms with Gasteiger partial charge in [0.2, 0.25) is 5.91 Å². The molecule has 3 aliphatic rings. The van der Waals surface area contributed by atoms with Gasteiger partial charge in [0.05, 0.1) is 13.2 Å². The second kappa shape index (κ2) is 7.31. The molecule has 1 aliphatic carbocycles. The van der Waals surface area contributed by atoms with Gasteiger partial charge in [0.1, 0.15) is 0 Å². The Morgan fingerprint density at radius 2 is 1.77 bits per heavy atom. The molecule has 3 fully saturated rings.